The maximum atomic E-state index is 11.3. The summed E-state index contributed by atoms with van der Waals surface area (Å²) in [5.74, 6) is 1.00. The molecule has 140 valence electrons. The summed E-state index contributed by atoms with van der Waals surface area (Å²) in [4.78, 5) is 4.48. The van der Waals surface area contributed by atoms with Crippen molar-refractivity contribution in [3.8, 4) is 0 Å². The Labute approximate surface area is 157 Å². The fourth-order valence-electron chi connectivity index (χ4n) is 2.47. The number of hydrogen-bond acceptors (Lipinski definition) is 7. The van der Waals surface area contributed by atoms with Gasteiger partial charge in [-0.2, -0.15) is 10.1 Å². The molecule has 0 radical (unpaired) electrons. The maximum Gasteiger partial charge on any atom is 0.244 e. The van der Waals surface area contributed by atoms with Crippen molar-refractivity contribution in [1.29, 1.82) is 0 Å². The van der Waals surface area contributed by atoms with Crippen molar-refractivity contribution in [2.24, 2.45) is 5.14 Å². The number of hydrogen-bond donors (Lipinski definition) is 3. The first kappa shape index (κ1) is 18.7. The number of anilines is 3. The summed E-state index contributed by atoms with van der Waals surface area (Å²) >= 11 is 0. The molecule has 0 aliphatic rings. The molecule has 0 amide bonds. The lowest BCUT2D eigenvalue weighted by atomic mass is 10.1. The lowest BCUT2D eigenvalue weighted by Crippen LogP contribution is -2.12. The standard InChI is InChI=1S/C18H20N6O2S/c1-13-3-2-4-15(11-13)22-17-12-21-24-18(23-17)20-10-9-14-5-7-16(8-6-14)27(19,25)26/h2-8,11-12H,9-10H2,1H3,(H2,19,25,26)(H2,20,22,23,24). The highest BCUT2D eigenvalue weighted by molar-refractivity contribution is 7.89. The molecule has 4 N–H and O–H groups in total. The van der Waals surface area contributed by atoms with E-state index in [4.69, 9.17) is 5.14 Å². The Morgan fingerprint density at radius 3 is 2.59 bits per heavy atom. The Morgan fingerprint density at radius 1 is 1.11 bits per heavy atom. The third-order valence-electron chi connectivity index (χ3n) is 3.80. The molecule has 0 atom stereocenters. The Hall–Kier alpha value is -3.04. The van der Waals surface area contributed by atoms with Crippen LogP contribution >= 0.6 is 0 Å². The summed E-state index contributed by atoms with van der Waals surface area (Å²) in [6.07, 6.45) is 2.23. The number of aromatic nitrogens is 3. The molecule has 8 nitrogen and oxygen atoms in total. The van der Waals surface area contributed by atoms with E-state index in [0.717, 1.165) is 16.8 Å². The van der Waals surface area contributed by atoms with Gasteiger partial charge in [0.05, 0.1) is 11.1 Å². The van der Waals surface area contributed by atoms with E-state index < -0.39 is 10.0 Å². The second kappa shape index (κ2) is 8.11. The third-order valence-corrected chi connectivity index (χ3v) is 4.73. The van der Waals surface area contributed by atoms with Crippen molar-refractivity contribution >= 4 is 27.5 Å². The molecule has 1 aromatic heterocycles. The lowest BCUT2D eigenvalue weighted by molar-refractivity contribution is 0.598. The molecule has 0 saturated heterocycles. The maximum absolute atomic E-state index is 11.3. The molecule has 2 aromatic carbocycles. The molecule has 0 aliphatic carbocycles. The number of nitrogens with one attached hydrogen (secondary N) is 2. The minimum Gasteiger partial charge on any atom is -0.353 e. The monoisotopic (exact) mass is 384 g/mol. The number of nitrogens with zero attached hydrogens (tertiary/aromatic N) is 3. The van der Waals surface area contributed by atoms with E-state index in [2.05, 4.69) is 25.8 Å². The first-order valence-electron chi connectivity index (χ1n) is 8.29. The molecule has 0 spiro atoms. The predicted octanol–water partition coefficient (Wildman–Crippen LogP) is 2.23. The number of aryl methyl sites for hydroxylation is 1. The molecular weight excluding hydrogens is 364 g/mol. The van der Waals surface area contributed by atoms with Gasteiger partial charge >= 0.3 is 0 Å². The molecule has 1 heterocycles. The molecular formula is C18H20N6O2S. The Bertz CT molecular complexity index is 1020. The van der Waals surface area contributed by atoms with Crippen molar-refractivity contribution in [3.05, 3.63) is 65.9 Å². The van der Waals surface area contributed by atoms with E-state index in [-0.39, 0.29) is 4.90 Å². The normalized spacial score (nSPS) is 11.2. The van der Waals surface area contributed by atoms with Crippen LogP contribution in [0.5, 0.6) is 0 Å². The van der Waals surface area contributed by atoms with Crippen LogP contribution in [0.3, 0.4) is 0 Å². The van der Waals surface area contributed by atoms with Gasteiger partial charge in [-0.25, -0.2) is 13.6 Å². The summed E-state index contributed by atoms with van der Waals surface area (Å²) in [5.41, 5.74) is 3.04. The van der Waals surface area contributed by atoms with Gasteiger partial charge in [0.25, 0.3) is 0 Å². The van der Waals surface area contributed by atoms with Crippen LogP contribution in [0.1, 0.15) is 11.1 Å². The summed E-state index contributed by atoms with van der Waals surface area (Å²) < 4.78 is 22.5. The van der Waals surface area contributed by atoms with Gasteiger partial charge in [0.15, 0.2) is 5.82 Å². The lowest BCUT2D eigenvalue weighted by Gasteiger charge is -2.08. The Balaban J connectivity index is 1.57. The van der Waals surface area contributed by atoms with Crippen LogP contribution in [-0.2, 0) is 16.4 Å². The topological polar surface area (TPSA) is 123 Å². The van der Waals surface area contributed by atoms with Gasteiger partial charge in [-0.05, 0) is 48.7 Å². The zero-order chi connectivity index (χ0) is 19.3. The molecule has 0 unspecified atom stereocenters. The average Bonchev–Trinajstić information content (AvgIpc) is 2.62. The minimum atomic E-state index is -3.67. The van der Waals surface area contributed by atoms with Crippen LogP contribution in [0, 0.1) is 6.92 Å². The smallest absolute Gasteiger partial charge is 0.244 e. The van der Waals surface area contributed by atoms with E-state index in [1.54, 1.807) is 18.3 Å². The summed E-state index contributed by atoms with van der Waals surface area (Å²) in [5, 5.41) is 19.3. The van der Waals surface area contributed by atoms with E-state index in [9.17, 15) is 8.42 Å². The zero-order valence-electron chi connectivity index (χ0n) is 14.8. The first-order chi connectivity index (χ1) is 12.9. The molecule has 0 saturated carbocycles. The summed E-state index contributed by atoms with van der Waals surface area (Å²) in [7, 11) is -3.67. The number of benzene rings is 2. The highest BCUT2D eigenvalue weighted by atomic mass is 32.2. The van der Waals surface area contributed by atoms with Crippen molar-refractivity contribution in [2.75, 3.05) is 17.2 Å². The minimum absolute atomic E-state index is 0.0988. The molecule has 3 aromatic rings. The predicted molar refractivity (Wildman–Crippen MR) is 104 cm³/mol. The van der Waals surface area contributed by atoms with Crippen molar-refractivity contribution < 1.29 is 8.42 Å². The molecule has 0 fully saturated rings. The Kier molecular flexibility index (Phi) is 5.63. The molecule has 0 aliphatic heterocycles. The van der Waals surface area contributed by atoms with Gasteiger partial charge in [-0.15, -0.1) is 5.10 Å². The summed E-state index contributed by atoms with van der Waals surface area (Å²) in [6.45, 7) is 2.59. The Morgan fingerprint density at radius 2 is 1.89 bits per heavy atom. The fourth-order valence-corrected chi connectivity index (χ4v) is 2.99. The number of sulfonamides is 1. The SMILES string of the molecule is Cc1cccc(Nc2cnnc(NCCc3ccc(S(N)(=O)=O)cc3)n2)c1. The van der Waals surface area contributed by atoms with Crippen LogP contribution in [0.15, 0.2) is 59.6 Å². The van der Waals surface area contributed by atoms with Crippen LogP contribution < -0.4 is 15.8 Å². The molecule has 3 rings (SSSR count). The van der Waals surface area contributed by atoms with E-state index in [1.807, 2.05) is 31.2 Å². The number of primary sulfonamides is 1. The van der Waals surface area contributed by atoms with Gasteiger partial charge in [0.1, 0.15) is 0 Å². The van der Waals surface area contributed by atoms with E-state index in [1.165, 1.54) is 12.1 Å². The van der Waals surface area contributed by atoms with Gasteiger partial charge in [0.2, 0.25) is 16.0 Å². The summed E-state index contributed by atoms with van der Waals surface area (Å²) in [6, 6.07) is 14.4. The first-order valence-corrected chi connectivity index (χ1v) is 9.84. The number of nitrogens with two attached hydrogens (primary N) is 1. The van der Waals surface area contributed by atoms with Gasteiger partial charge in [-0.1, -0.05) is 24.3 Å². The van der Waals surface area contributed by atoms with Crippen LogP contribution in [0.2, 0.25) is 0 Å². The quantitative estimate of drug-likeness (QED) is 0.571. The van der Waals surface area contributed by atoms with E-state index in [0.29, 0.717) is 24.7 Å². The fraction of sp³-hybridized carbons (Fsp3) is 0.167. The third kappa shape index (κ3) is 5.47. The van der Waals surface area contributed by atoms with Gasteiger partial charge < -0.3 is 10.6 Å². The second-order valence-electron chi connectivity index (χ2n) is 6.03. The molecule has 0 bridgehead atoms. The van der Waals surface area contributed by atoms with Gasteiger partial charge in [-0.3, -0.25) is 0 Å². The van der Waals surface area contributed by atoms with Crippen molar-refractivity contribution in [2.45, 2.75) is 18.2 Å². The van der Waals surface area contributed by atoms with Gasteiger partial charge in [0, 0.05) is 12.2 Å². The molecule has 27 heavy (non-hydrogen) atoms. The van der Waals surface area contributed by atoms with E-state index >= 15 is 0 Å². The van der Waals surface area contributed by atoms with Crippen LogP contribution in [0.25, 0.3) is 0 Å². The van der Waals surface area contributed by atoms with Crippen LogP contribution in [0.4, 0.5) is 17.5 Å². The average molecular weight is 384 g/mol. The van der Waals surface area contributed by atoms with Crippen molar-refractivity contribution in [1.82, 2.24) is 15.2 Å². The highest BCUT2D eigenvalue weighted by Crippen LogP contribution is 2.15. The molecule has 9 heteroatoms. The second-order valence-corrected chi connectivity index (χ2v) is 7.59. The highest BCUT2D eigenvalue weighted by Gasteiger charge is 2.07. The number of rotatable bonds is 7. The largest absolute Gasteiger partial charge is 0.353 e. The zero-order valence-corrected chi connectivity index (χ0v) is 15.6. The van der Waals surface area contributed by atoms with Crippen molar-refractivity contribution in [3.63, 3.8) is 0 Å². The van der Waals surface area contributed by atoms with Crippen LogP contribution in [-0.4, -0.2) is 30.1 Å².